The first-order valence-corrected chi connectivity index (χ1v) is 9.17. The fraction of sp³-hybridized carbons (Fsp3) is 0.333. The van der Waals surface area contributed by atoms with Crippen molar-refractivity contribution in [1.82, 2.24) is 5.32 Å². The molecule has 0 radical (unpaired) electrons. The van der Waals surface area contributed by atoms with Gasteiger partial charge in [0.15, 0.2) is 0 Å². The van der Waals surface area contributed by atoms with Crippen molar-refractivity contribution >= 4 is 29.1 Å². The van der Waals surface area contributed by atoms with Crippen molar-refractivity contribution in [3.63, 3.8) is 0 Å². The molecule has 2 aromatic carbocycles. The second-order valence-corrected chi connectivity index (χ2v) is 7.42. The van der Waals surface area contributed by atoms with Crippen LogP contribution in [0.1, 0.15) is 36.1 Å². The van der Waals surface area contributed by atoms with Crippen LogP contribution in [-0.4, -0.2) is 11.8 Å². The summed E-state index contributed by atoms with van der Waals surface area (Å²) in [6.07, 6.45) is 0.571. The molecule has 2 amide bonds. The molecule has 136 valence electrons. The molecule has 4 nitrogen and oxygen atoms in total. The average Bonchev–Trinajstić information content (AvgIpc) is 3.39. The monoisotopic (exact) mass is 370 g/mol. The Morgan fingerprint density at radius 1 is 1.08 bits per heavy atom. The van der Waals surface area contributed by atoms with E-state index in [1.807, 2.05) is 63.2 Å². The van der Waals surface area contributed by atoms with Crippen molar-refractivity contribution in [2.45, 2.75) is 33.2 Å². The summed E-state index contributed by atoms with van der Waals surface area (Å²) < 4.78 is 0. The van der Waals surface area contributed by atoms with E-state index in [2.05, 4.69) is 10.6 Å². The highest BCUT2D eigenvalue weighted by Crippen LogP contribution is 2.40. The molecule has 1 saturated carbocycles. The molecule has 0 bridgehead atoms. The highest BCUT2D eigenvalue weighted by molar-refractivity contribution is 6.34. The maximum Gasteiger partial charge on any atom is 0.228 e. The van der Waals surface area contributed by atoms with E-state index in [1.54, 1.807) is 0 Å². The SMILES string of the molecule is Cc1cc(C)c(NC(=O)C2CC2C(=O)NC(C)c2ccccc2)c(Cl)c1. The smallest absolute Gasteiger partial charge is 0.228 e. The summed E-state index contributed by atoms with van der Waals surface area (Å²) in [5.41, 5.74) is 3.64. The van der Waals surface area contributed by atoms with Crippen LogP contribution in [0, 0.1) is 25.7 Å². The van der Waals surface area contributed by atoms with Crippen molar-refractivity contribution in [2.24, 2.45) is 11.8 Å². The zero-order chi connectivity index (χ0) is 18.8. The Kier molecular flexibility index (Phi) is 5.33. The van der Waals surface area contributed by atoms with Crippen molar-refractivity contribution in [3.8, 4) is 0 Å². The third-order valence-corrected chi connectivity index (χ3v) is 5.10. The zero-order valence-corrected chi connectivity index (χ0v) is 15.9. The van der Waals surface area contributed by atoms with Gasteiger partial charge in [0.1, 0.15) is 0 Å². The number of anilines is 1. The summed E-state index contributed by atoms with van der Waals surface area (Å²) in [6, 6.07) is 13.5. The molecule has 0 heterocycles. The number of rotatable bonds is 5. The highest BCUT2D eigenvalue weighted by Gasteiger charge is 2.48. The molecule has 1 aliphatic carbocycles. The number of carbonyl (C=O) groups excluding carboxylic acids is 2. The van der Waals surface area contributed by atoms with Gasteiger partial charge in [0.2, 0.25) is 11.8 Å². The summed E-state index contributed by atoms with van der Waals surface area (Å²) in [4.78, 5) is 24.9. The number of hydrogen-bond acceptors (Lipinski definition) is 2. The Morgan fingerprint density at radius 3 is 2.38 bits per heavy atom. The van der Waals surface area contributed by atoms with E-state index in [9.17, 15) is 9.59 Å². The topological polar surface area (TPSA) is 58.2 Å². The van der Waals surface area contributed by atoms with E-state index in [0.717, 1.165) is 16.7 Å². The summed E-state index contributed by atoms with van der Waals surface area (Å²) >= 11 is 6.25. The molecule has 2 aromatic rings. The highest BCUT2D eigenvalue weighted by atomic mass is 35.5. The second kappa shape index (κ2) is 7.50. The van der Waals surface area contributed by atoms with Crippen LogP contribution in [0.15, 0.2) is 42.5 Å². The number of amides is 2. The predicted molar refractivity (Wildman–Crippen MR) is 104 cm³/mol. The van der Waals surface area contributed by atoms with E-state index in [-0.39, 0.29) is 29.7 Å². The first kappa shape index (κ1) is 18.5. The lowest BCUT2D eigenvalue weighted by Gasteiger charge is -2.14. The Bertz CT molecular complexity index is 812. The van der Waals surface area contributed by atoms with Gasteiger partial charge in [0.05, 0.1) is 28.6 Å². The quantitative estimate of drug-likeness (QED) is 0.819. The average molecular weight is 371 g/mol. The fourth-order valence-electron chi connectivity index (χ4n) is 3.21. The first-order valence-electron chi connectivity index (χ1n) is 8.79. The van der Waals surface area contributed by atoms with E-state index < -0.39 is 0 Å². The molecule has 0 spiro atoms. The third kappa shape index (κ3) is 4.07. The van der Waals surface area contributed by atoms with Crippen LogP contribution in [0.3, 0.4) is 0 Å². The second-order valence-electron chi connectivity index (χ2n) is 7.02. The normalized spacial score (nSPS) is 19.5. The standard InChI is InChI=1S/C21H23ClN2O2/c1-12-9-13(2)19(18(22)10-12)24-21(26)17-11-16(17)20(25)23-14(3)15-7-5-4-6-8-15/h4-10,14,16-17H,11H2,1-3H3,(H,23,25)(H,24,26). The van der Waals surface area contributed by atoms with Crippen LogP contribution < -0.4 is 10.6 Å². The molecule has 0 aliphatic heterocycles. The van der Waals surface area contributed by atoms with Crippen LogP contribution in [0.25, 0.3) is 0 Å². The van der Waals surface area contributed by atoms with Crippen LogP contribution in [0.2, 0.25) is 5.02 Å². The molecule has 26 heavy (non-hydrogen) atoms. The molecule has 1 aliphatic rings. The van der Waals surface area contributed by atoms with Crippen molar-refractivity contribution in [2.75, 3.05) is 5.32 Å². The Morgan fingerprint density at radius 2 is 1.73 bits per heavy atom. The molecular weight excluding hydrogens is 348 g/mol. The number of nitrogens with one attached hydrogen (secondary N) is 2. The molecule has 0 aromatic heterocycles. The van der Waals surface area contributed by atoms with Crippen molar-refractivity contribution in [1.29, 1.82) is 0 Å². The summed E-state index contributed by atoms with van der Waals surface area (Å²) in [5, 5.41) is 6.40. The summed E-state index contributed by atoms with van der Waals surface area (Å²) in [6.45, 7) is 5.81. The zero-order valence-electron chi connectivity index (χ0n) is 15.2. The van der Waals surface area contributed by atoms with Crippen molar-refractivity contribution < 1.29 is 9.59 Å². The Labute approximate surface area is 158 Å². The first-order chi connectivity index (χ1) is 12.4. The Hall–Kier alpha value is -2.33. The lowest BCUT2D eigenvalue weighted by atomic mass is 10.1. The molecule has 2 N–H and O–H groups in total. The largest absolute Gasteiger partial charge is 0.349 e. The van der Waals surface area contributed by atoms with Gasteiger partial charge < -0.3 is 10.6 Å². The van der Waals surface area contributed by atoms with Gasteiger partial charge in [-0.15, -0.1) is 0 Å². The maximum absolute atomic E-state index is 12.5. The lowest BCUT2D eigenvalue weighted by Crippen LogP contribution is -2.30. The molecule has 5 heteroatoms. The number of aryl methyl sites for hydroxylation is 2. The van der Waals surface area contributed by atoms with E-state index in [0.29, 0.717) is 17.1 Å². The molecule has 3 unspecified atom stereocenters. The van der Waals surface area contributed by atoms with Crippen molar-refractivity contribution in [3.05, 3.63) is 64.2 Å². The minimum atomic E-state index is -0.297. The Balaban J connectivity index is 1.58. The minimum absolute atomic E-state index is 0.0757. The molecule has 3 rings (SSSR count). The molecule has 3 atom stereocenters. The number of hydrogen-bond donors (Lipinski definition) is 2. The van der Waals surface area contributed by atoms with Gasteiger partial charge in [0, 0.05) is 0 Å². The fourth-order valence-corrected chi connectivity index (χ4v) is 3.58. The van der Waals surface area contributed by atoms with E-state index >= 15 is 0 Å². The van der Waals surface area contributed by atoms with Gasteiger partial charge in [-0.25, -0.2) is 0 Å². The van der Waals surface area contributed by atoms with Gasteiger partial charge >= 0.3 is 0 Å². The minimum Gasteiger partial charge on any atom is -0.349 e. The molecule has 1 fully saturated rings. The van der Waals surface area contributed by atoms with Crippen LogP contribution >= 0.6 is 11.6 Å². The van der Waals surface area contributed by atoms with Gasteiger partial charge in [-0.3, -0.25) is 9.59 Å². The van der Waals surface area contributed by atoms with Gasteiger partial charge in [0.25, 0.3) is 0 Å². The maximum atomic E-state index is 12.5. The molecule has 0 saturated heterocycles. The summed E-state index contributed by atoms with van der Waals surface area (Å²) in [5.74, 6) is -0.792. The van der Waals surface area contributed by atoms with Crippen LogP contribution in [-0.2, 0) is 9.59 Å². The van der Waals surface area contributed by atoms with Gasteiger partial charge in [-0.2, -0.15) is 0 Å². The van der Waals surface area contributed by atoms with Gasteiger partial charge in [-0.05, 0) is 49.9 Å². The third-order valence-electron chi connectivity index (χ3n) is 4.80. The number of benzene rings is 2. The number of carbonyl (C=O) groups is 2. The van der Waals surface area contributed by atoms with E-state index in [4.69, 9.17) is 11.6 Å². The predicted octanol–water partition coefficient (Wildman–Crippen LogP) is 4.41. The number of halogens is 1. The molecular formula is C21H23ClN2O2. The van der Waals surface area contributed by atoms with Crippen LogP contribution in [0.4, 0.5) is 5.69 Å². The van der Waals surface area contributed by atoms with Gasteiger partial charge in [-0.1, -0.05) is 48.0 Å². The lowest BCUT2D eigenvalue weighted by molar-refractivity contribution is -0.125. The van der Waals surface area contributed by atoms with E-state index in [1.165, 1.54) is 0 Å². The summed E-state index contributed by atoms with van der Waals surface area (Å²) in [7, 11) is 0. The van der Waals surface area contributed by atoms with Crippen LogP contribution in [0.5, 0.6) is 0 Å².